The van der Waals surface area contributed by atoms with Crippen LogP contribution in [0.15, 0.2) is 66.7 Å². The van der Waals surface area contributed by atoms with Crippen LogP contribution < -0.4 is 0 Å². The molecule has 0 unspecified atom stereocenters. The predicted molar refractivity (Wildman–Crippen MR) is 92.3 cm³/mol. The van der Waals surface area contributed by atoms with Crippen molar-refractivity contribution in [3.8, 4) is 28.0 Å². The first-order valence-electron chi connectivity index (χ1n) is 7.29. The van der Waals surface area contributed by atoms with Gasteiger partial charge in [0.15, 0.2) is 0 Å². The molecule has 0 heterocycles. The van der Waals surface area contributed by atoms with Crippen LogP contribution in [-0.2, 0) is 0 Å². The van der Waals surface area contributed by atoms with Gasteiger partial charge in [-0.05, 0) is 29.3 Å². The van der Waals surface area contributed by atoms with Gasteiger partial charge in [0.2, 0.25) is 0 Å². The molecule has 0 spiro atoms. The maximum atomic E-state index is 11.3. The average Bonchev–Trinajstić information content (AvgIpc) is 2.62. The lowest BCUT2D eigenvalue weighted by molar-refractivity contribution is -0.393. The predicted octanol–water partition coefficient (Wildman–Crippen LogP) is 4.54. The summed E-state index contributed by atoms with van der Waals surface area (Å²) in [5.74, 6) is 0.0412. The average molecular weight is 336 g/mol. The Morgan fingerprint density at radius 2 is 1.44 bits per heavy atom. The fraction of sp³-hybridized carbons (Fsp3) is 0. The molecule has 0 aliphatic heterocycles. The van der Waals surface area contributed by atoms with Gasteiger partial charge >= 0.3 is 0 Å². The molecule has 0 saturated heterocycles. The fourth-order valence-electron chi connectivity index (χ4n) is 2.58. The first kappa shape index (κ1) is 16.1. The summed E-state index contributed by atoms with van der Waals surface area (Å²) in [7, 11) is 0. The molecule has 124 valence electrons. The Labute approximate surface area is 142 Å². The van der Waals surface area contributed by atoms with Crippen LogP contribution >= 0.6 is 0 Å². The minimum Gasteiger partial charge on any atom is -0.507 e. The van der Waals surface area contributed by atoms with E-state index in [9.17, 15) is 25.3 Å². The Kier molecular flexibility index (Phi) is 4.13. The fourth-order valence-corrected chi connectivity index (χ4v) is 2.58. The second kappa shape index (κ2) is 6.40. The van der Waals surface area contributed by atoms with E-state index in [1.807, 2.05) is 30.3 Å². The second-order valence-electron chi connectivity index (χ2n) is 5.31. The molecule has 3 aromatic rings. The van der Waals surface area contributed by atoms with Crippen molar-refractivity contribution in [3.05, 3.63) is 87.0 Å². The highest BCUT2D eigenvalue weighted by molar-refractivity contribution is 5.81. The molecular formula is C18H12N2O5. The van der Waals surface area contributed by atoms with Crippen LogP contribution in [0.4, 0.5) is 11.4 Å². The summed E-state index contributed by atoms with van der Waals surface area (Å²) in [4.78, 5) is 20.8. The van der Waals surface area contributed by atoms with E-state index in [0.29, 0.717) is 11.1 Å². The summed E-state index contributed by atoms with van der Waals surface area (Å²) in [6, 6.07) is 17.2. The van der Waals surface area contributed by atoms with Crippen molar-refractivity contribution in [2.45, 2.75) is 0 Å². The molecule has 1 N–H and O–H groups in total. The van der Waals surface area contributed by atoms with Gasteiger partial charge in [-0.15, -0.1) is 0 Å². The quantitative estimate of drug-likeness (QED) is 0.556. The lowest BCUT2D eigenvalue weighted by Crippen LogP contribution is -1.95. The van der Waals surface area contributed by atoms with Gasteiger partial charge in [-0.2, -0.15) is 0 Å². The van der Waals surface area contributed by atoms with Gasteiger partial charge in [0.1, 0.15) is 5.75 Å². The molecule has 0 atom stereocenters. The number of nitro groups is 2. The van der Waals surface area contributed by atoms with Crippen molar-refractivity contribution < 1.29 is 15.0 Å². The van der Waals surface area contributed by atoms with Crippen molar-refractivity contribution >= 4 is 11.4 Å². The monoisotopic (exact) mass is 336 g/mol. The van der Waals surface area contributed by atoms with E-state index < -0.39 is 9.85 Å². The lowest BCUT2D eigenvalue weighted by Gasteiger charge is -2.09. The van der Waals surface area contributed by atoms with Crippen LogP contribution in [-0.4, -0.2) is 15.0 Å². The van der Waals surface area contributed by atoms with E-state index in [0.717, 1.165) is 11.6 Å². The maximum absolute atomic E-state index is 11.3. The molecule has 7 heteroatoms. The largest absolute Gasteiger partial charge is 0.507 e. The van der Waals surface area contributed by atoms with Crippen LogP contribution in [0.2, 0.25) is 0 Å². The molecular weight excluding hydrogens is 324 g/mol. The Bertz CT molecular complexity index is 970. The van der Waals surface area contributed by atoms with Crippen LogP contribution in [0.1, 0.15) is 0 Å². The zero-order chi connectivity index (χ0) is 18.0. The van der Waals surface area contributed by atoms with Crippen molar-refractivity contribution in [2.75, 3.05) is 0 Å². The van der Waals surface area contributed by atoms with Gasteiger partial charge in [-0.3, -0.25) is 20.2 Å². The highest BCUT2D eigenvalue weighted by Crippen LogP contribution is 2.38. The van der Waals surface area contributed by atoms with E-state index >= 15 is 0 Å². The summed E-state index contributed by atoms with van der Waals surface area (Å²) in [6.07, 6.45) is 0. The summed E-state index contributed by atoms with van der Waals surface area (Å²) in [5.41, 5.74) is 1.29. The molecule has 3 rings (SSSR count). The number of hydrogen-bond acceptors (Lipinski definition) is 5. The van der Waals surface area contributed by atoms with Gasteiger partial charge in [-0.1, -0.05) is 36.4 Å². The van der Waals surface area contributed by atoms with E-state index in [4.69, 9.17) is 0 Å². The van der Waals surface area contributed by atoms with E-state index in [-0.39, 0.29) is 22.7 Å². The van der Waals surface area contributed by atoms with Gasteiger partial charge in [0.05, 0.1) is 21.5 Å². The molecule has 0 radical (unpaired) electrons. The Hall–Kier alpha value is -3.74. The second-order valence-corrected chi connectivity index (χ2v) is 5.31. The lowest BCUT2D eigenvalue weighted by atomic mass is 9.97. The topological polar surface area (TPSA) is 107 Å². The number of hydrogen-bond donors (Lipinski definition) is 1. The Morgan fingerprint density at radius 1 is 0.720 bits per heavy atom. The Balaban J connectivity index is 2.17. The molecule has 7 nitrogen and oxygen atoms in total. The minimum absolute atomic E-state index is 0.0412. The van der Waals surface area contributed by atoms with E-state index in [2.05, 4.69) is 0 Å². The van der Waals surface area contributed by atoms with Crippen LogP contribution in [0.5, 0.6) is 5.75 Å². The molecule has 0 amide bonds. The highest BCUT2D eigenvalue weighted by Gasteiger charge is 2.21. The minimum atomic E-state index is -0.678. The zero-order valence-corrected chi connectivity index (χ0v) is 12.8. The third-order valence-electron chi connectivity index (χ3n) is 3.78. The normalized spacial score (nSPS) is 10.4. The first-order valence-corrected chi connectivity index (χ1v) is 7.29. The van der Waals surface area contributed by atoms with Crippen molar-refractivity contribution in [1.29, 1.82) is 0 Å². The van der Waals surface area contributed by atoms with Gasteiger partial charge in [-0.25, -0.2) is 0 Å². The smallest absolute Gasteiger partial charge is 0.284 e. The van der Waals surface area contributed by atoms with Gasteiger partial charge in [0.25, 0.3) is 11.4 Å². The van der Waals surface area contributed by atoms with Crippen LogP contribution in [0.3, 0.4) is 0 Å². The summed E-state index contributed by atoms with van der Waals surface area (Å²) in [5, 5.41) is 32.3. The third-order valence-corrected chi connectivity index (χ3v) is 3.78. The summed E-state index contributed by atoms with van der Waals surface area (Å²) < 4.78 is 0. The van der Waals surface area contributed by atoms with Gasteiger partial charge in [0, 0.05) is 11.6 Å². The Morgan fingerprint density at radius 3 is 2.08 bits per heavy atom. The molecule has 0 aliphatic carbocycles. The number of phenolic OH excluding ortho intramolecular Hbond substituents is 1. The number of phenols is 1. The molecule has 0 aromatic heterocycles. The molecule has 0 saturated carbocycles. The molecule has 0 bridgehead atoms. The summed E-state index contributed by atoms with van der Waals surface area (Å²) in [6.45, 7) is 0. The molecule has 25 heavy (non-hydrogen) atoms. The number of nitro benzene ring substituents is 2. The van der Waals surface area contributed by atoms with Gasteiger partial charge < -0.3 is 5.11 Å². The number of benzene rings is 3. The molecule has 3 aromatic carbocycles. The molecule has 0 fully saturated rings. The van der Waals surface area contributed by atoms with E-state index in [1.165, 1.54) is 24.3 Å². The SMILES string of the molecule is O=[N+]([O-])c1ccc(-c2ccc(O)c(-c3ccccc3)c2)c([N+](=O)[O-])c1. The third kappa shape index (κ3) is 3.16. The zero-order valence-electron chi connectivity index (χ0n) is 12.8. The molecule has 0 aliphatic rings. The maximum Gasteiger partial charge on any atom is 0.284 e. The number of aromatic hydroxyl groups is 1. The standard InChI is InChI=1S/C18H12N2O5/c21-18-9-6-13(10-16(18)12-4-2-1-3-5-12)15-8-7-14(19(22)23)11-17(15)20(24)25/h1-11,21H. The van der Waals surface area contributed by atoms with Crippen LogP contribution in [0.25, 0.3) is 22.3 Å². The first-order chi connectivity index (χ1) is 12.0. The number of non-ortho nitro benzene ring substituents is 1. The van der Waals surface area contributed by atoms with Crippen molar-refractivity contribution in [2.24, 2.45) is 0 Å². The van der Waals surface area contributed by atoms with E-state index in [1.54, 1.807) is 6.07 Å². The number of rotatable bonds is 4. The summed E-state index contributed by atoms with van der Waals surface area (Å²) >= 11 is 0. The number of nitrogens with zero attached hydrogens (tertiary/aromatic N) is 2. The highest BCUT2D eigenvalue weighted by atomic mass is 16.6. The van der Waals surface area contributed by atoms with Crippen molar-refractivity contribution in [1.82, 2.24) is 0 Å². The van der Waals surface area contributed by atoms with Crippen molar-refractivity contribution in [3.63, 3.8) is 0 Å². The van der Waals surface area contributed by atoms with Crippen LogP contribution in [0, 0.1) is 20.2 Å².